The lowest BCUT2D eigenvalue weighted by molar-refractivity contribution is -0.0533. The van der Waals surface area contributed by atoms with E-state index >= 15 is 0 Å². The van der Waals surface area contributed by atoms with E-state index in [9.17, 15) is 10.2 Å². The maximum Gasteiger partial charge on any atom is 0.327 e. The van der Waals surface area contributed by atoms with Crippen molar-refractivity contribution < 1.29 is 28.5 Å². The van der Waals surface area contributed by atoms with E-state index < -0.39 is 31.3 Å². The second-order valence-corrected chi connectivity index (χ2v) is 10.5. The number of nitrogens with two attached hydrogens (primary N) is 1. The first-order valence-corrected chi connectivity index (χ1v) is 12.6. The van der Waals surface area contributed by atoms with Gasteiger partial charge in [0, 0.05) is 6.42 Å². The van der Waals surface area contributed by atoms with Crippen LogP contribution in [0.4, 0.5) is 5.82 Å². The fourth-order valence-electron chi connectivity index (χ4n) is 3.79. The summed E-state index contributed by atoms with van der Waals surface area (Å²) in [4.78, 5) is 12.2. The molecule has 1 aromatic carbocycles. The van der Waals surface area contributed by atoms with Gasteiger partial charge in [0.2, 0.25) is 0 Å². The highest BCUT2D eigenvalue weighted by molar-refractivity contribution is 8.07. The van der Waals surface area contributed by atoms with Crippen molar-refractivity contribution in [3.05, 3.63) is 48.5 Å². The van der Waals surface area contributed by atoms with E-state index in [0.29, 0.717) is 24.2 Å². The Balaban J connectivity index is 1.28. The topological polar surface area (TPSA) is 147 Å². The van der Waals surface area contributed by atoms with E-state index in [-0.39, 0.29) is 18.5 Å². The van der Waals surface area contributed by atoms with E-state index in [0.717, 1.165) is 5.56 Å². The lowest BCUT2D eigenvalue weighted by Gasteiger charge is -2.32. The second-order valence-electron chi connectivity index (χ2n) is 7.50. The molecule has 0 radical (unpaired) electrons. The maximum atomic E-state index is 10.6. The number of aromatic nitrogens is 4. The van der Waals surface area contributed by atoms with Crippen molar-refractivity contribution in [1.82, 2.24) is 19.5 Å². The standard InChI is InChI=1S/C19H22N5O6PS/c20-17-14-18(22-9-21-17)24(10-23-14)19-16(26)15(25)13(29-19)8-28-31(32)27-7-6-12(30-31)11-4-2-1-3-5-11/h1-5,9-10,12-13,15-16,19,25-26H,6-8H2,(H2,20,21,22)/t12?,13-,15-,16-,19-,31?/m1/s1. The number of imidazole rings is 1. The highest BCUT2D eigenvalue weighted by Gasteiger charge is 2.45. The Labute approximate surface area is 188 Å². The Hall–Kier alpha value is -2.02. The van der Waals surface area contributed by atoms with Crippen LogP contribution in [0.2, 0.25) is 0 Å². The molecule has 2 aliphatic rings. The minimum absolute atomic E-state index is 0.114. The number of aliphatic hydroxyl groups excluding tert-OH is 2. The zero-order chi connectivity index (χ0) is 22.3. The minimum Gasteiger partial charge on any atom is -0.387 e. The average Bonchev–Trinajstić information content (AvgIpc) is 3.35. The normalized spacial score (nSPS) is 33.0. The number of rotatable bonds is 5. The summed E-state index contributed by atoms with van der Waals surface area (Å²) in [5, 5.41) is 21.1. The van der Waals surface area contributed by atoms with Crippen molar-refractivity contribution in [3.63, 3.8) is 0 Å². The van der Waals surface area contributed by atoms with Crippen LogP contribution in [0.5, 0.6) is 0 Å². The first-order valence-electron chi connectivity index (χ1n) is 10.0. The van der Waals surface area contributed by atoms with Crippen LogP contribution in [0.3, 0.4) is 0 Å². The predicted molar refractivity (Wildman–Crippen MR) is 117 cm³/mol. The number of aliphatic hydroxyl groups is 2. The van der Waals surface area contributed by atoms with Crippen molar-refractivity contribution in [3.8, 4) is 0 Å². The third kappa shape index (κ3) is 4.04. The Morgan fingerprint density at radius 3 is 2.81 bits per heavy atom. The third-order valence-corrected chi connectivity index (χ3v) is 7.82. The molecule has 0 spiro atoms. The molecule has 2 aromatic heterocycles. The number of fused-ring (bicyclic) bond motifs is 1. The first kappa shape index (κ1) is 21.8. The Bertz CT molecular complexity index is 1150. The zero-order valence-electron chi connectivity index (χ0n) is 16.8. The van der Waals surface area contributed by atoms with E-state index in [2.05, 4.69) is 15.0 Å². The van der Waals surface area contributed by atoms with Gasteiger partial charge in [-0.1, -0.05) is 30.3 Å². The molecule has 0 saturated carbocycles. The molecule has 2 fully saturated rings. The fourth-order valence-corrected chi connectivity index (χ4v) is 5.90. The molecular weight excluding hydrogens is 457 g/mol. The van der Waals surface area contributed by atoms with Gasteiger partial charge in [-0.25, -0.2) is 15.0 Å². The smallest absolute Gasteiger partial charge is 0.327 e. The molecule has 4 heterocycles. The van der Waals surface area contributed by atoms with Crippen molar-refractivity contribution in [2.75, 3.05) is 18.9 Å². The molecule has 0 aliphatic carbocycles. The average molecular weight is 479 g/mol. The van der Waals surface area contributed by atoms with Gasteiger partial charge in [0.05, 0.1) is 25.6 Å². The van der Waals surface area contributed by atoms with E-state index in [1.165, 1.54) is 17.2 Å². The number of ether oxygens (including phenoxy) is 1. The SMILES string of the molecule is Nc1ncnc2c1ncn2[C@@H]1O[C@H](COP2(=S)OCCC(c3ccccc3)O2)[C@@H](O)[C@H]1O. The molecule has 3 aromatic rings. The summed E-state index contributed by atoms with van der Waals surface area (Å²) in [6, 6.07) is 9.72. The van der Waals surface area contributed by atoms with Gasteiger partial charge in [0.25, 0.3) is 0 Å². The summed E-state index contributed by atoms with van der Waals surface area (Å²) in [6.45, 7) is -2.77. The van der Waals surface area contributed by atoms with Crippen LogP contribution in [-0.2, 0) is 30.1 Å². The minimum atomic E-state index is -3.05. The number of benzene rings is 1. The molecule has 170 valence electrons. The van der Waals surface area contributed by atoms with Crippen molar-refractivity contribution >= 4 is 35.5 Å². The van der Waals surface area contributed by atoms with Crippen LogP contribution in [-0.4, -0.2) is 61.3 Å². The number of nitrogens with zero attached hydrogens (tertiary/aromatic N) is 4. The Morgan fingerprint density at radius 2 is 2.00 bits per heavy atom. The lowest BCUT2D eigenvalue weighted by atomic mass is 10.1. The van der Waals surface area contributed by atoms with Crippen LogP contribution in [0.1, 0.15) is 24.3 Å². The second kappa shape index (κ2) is 8.73. The Morgan fingerprint density at radius 1 is 1.19 bits per heavy atom. The molecule has 13 heteroatoms. The van der Waals surface area contributed by atoms with Crippen molar-refractivity contribution in [2.24, 2.45) is 0 Å². The van der Waals surface area contributed by atoms with E-state index in [1.54, 1.807) is 0 Å². The lowest BCUT2D eigenvalue weighted by Crippen LogP contribution is -2.34. The van der Waals surface area contributed by atoms with E-state index in [1.807, 2.05) is 30.3 Å². The molecule has 5 rings (SSSR count). The summed E-state index contributed by atoms with van der Waals surface area (Å²) in [5.41, 5.74) is 7.58. The summed E-state index contributed by atoms with van der Waals surface area (Å²) < 4.78 is 24.8. The zero-order valence-corrected chi connectivity index (χ0v) is 18.5. The summed E-state index contributed by atoms with van der Waals surface area (Å²) in [5.74, 6) is 0.207. The number of hydrogen-bond acceptors (Lipinski definition) is 11. The van der Waals surface area contributed by atoms with Gasteiger partial charge in [-0.2, -0.15) is 0 Å². The quantitative estimate of drug-likeness (QED) is 0.457. The van der Waals surface area contributed by atoms with Gasteiger partial charge < -0.3 is 34.3 Å². The van der Waals surface area contributed by atoms with Gasteiger partial charge in [-0.05, 0) is 17.4 Å². The van der Waals surface area contributed by atoms with Gasteiger partial charge in [-0.15, -0.1) is 0 Å². The monoisotopic (exact) mass is 479 g/mol. The molecule has 2 saturated heterocycles. The molecule has 4 N–H and O–H groups in total. The largest absolute Gasteiger partial charge is 0.387 e. The Kier molecular flexibility index (Phi) is 5.95. The van der Waals surface area contributed by atoms with E-state index in [4.69, 9.17) is 35.8 Å². The number of nitrogen functional groups attached to an aromatic ring is 1. The van der Waals surface area contributed by atoms with Crippen LogP contribution in [0.25, 0.3) is 11.2 Å². The summed E-state index contributed by atoms with van der Waals surface area (Å²) in [6.07, 6.45) is -1.13. The van der Waals surface area contributed by atoms with Crippen molar-refractivity contribution in [1.29, 1.82) is 0 Å². The van der Waals surface area contributed by atoms with Crippen LogP contribution in [0.15, 0.2) is 43.0 Å². The molecule has 2 aliphatic heterocycles. The molecule has 6 atom stereocenters. The first-order chi connectivity index (χ1) is 15.5. The predicted octanol–water partition coefficient (Wildman–Crippen LogP) is 1.45. The highest BCUT2D eigenvalue weighted by atomic mass is 32.5. The number of anilines is 1. The summed E-state index contributed by atoms with van der Waals surface area (Å²) >= 11 is 5.52. The maximum absolute atomic E-state index is 10.6. The van der Waals surface area contributed by atoms with Crippen LogP contribution in [0, 0.1) is 0 Å². The molecule has 2 unspecified atom stereocenters. The highest BCUT2D eigenvalue weighted by Crippen LogP contribution is 2.57. The third-order valence-electron chi connectivity index (χ3n) is 5.45. The fraction of sp³-hybridized carbons (Fsp3) is 0.421. The molecule has 0 bridgehead atoms. The molecule has 11 nitrogen and oxygen atoms in total. The summed E-state index contributed by atoms with van der Waals surface area (Å²) in [7, 11) is 0. The van der Waals surface area contributed by atoms with Crippen LogP contribution < -0.4 is 5.73 Å². The van der Waals surface area contributed by atoms with Gasteiger partial charge in [0.1, 0.15) is 30.2 Å². The van der Waals surface area contributed by atoms with Crippen molar-refractivity contribution in [2.45, 2.75) is 37.1 Å². The van der Waals surface area contributed by atoms with Gasteiger partial charge in [0.15, 0.2) is 17.7 Å². The van der Waals surface area contributed by atoms with Gasteiger partial charge in [-0.3, -0.25) is 4.57 Å². The van der Waals surface area contributed by atoms with Crippen LogP contribution >= 0.6 is 6.72 Å². The molecule has 32 heavy (non-hydrogen) atoms. The number of hydrogen-bond donors (Lipinski definition) is 3. The molecular formula is C19H22N5O6PS. The van der Waals surface area contributed by atoms with Gasteiger partial charge >= 0.3 is 6.72 Å². The molecule has 0 amide bonds.